The Morgan fingerprint density at radius 3 is 2.57 bits per heavy atom. The predicted molar refractivity (Wildman–Crippen MR) is 194 cm³/mol. The molecule has 0 bridgehead atoms. The van der Waals surface area contributed by atoms with Crippen molar-refractivity contribution in [3.8, 4) is 29.6 Å². The Morgan fingerprint density at radius 2 is 1.79 bits per heavy atom. The fourth-order valence-corrected chi connectivity index (χ4v) is 8.86. The lowest BCUT2D eigenvalue weighted by molar-refractivity contribution is -0.127. The standard InChI is InChI=1S/C40H35F3N8O2/c1-2-24-7-3-8-25-9-4-10-29(33(24)25)35-34(43)36-30(17-46-35)37(48-39(47-36)53-23-40-11-5-14-51(40)22-28(41)16-40)49-18-26-20-50(21-27(26)19-49)38(52)31(42)15-32-44-12-6-13-45-32/h1,3-4,6-10,12-13,15,17,26-28H,5,11,14,16,18-23H2/b31-15-/t26-,27+,28-,40?/m1/s1. The number of hydrogen-bond donors (Lipinski definition) is 0. The van der Waals surface area contributed by atoms with Crippen molar-refractivity contribution in [2.75, 3.05) is 50.8 Å². The molecule has 0 N–H and O–H groups in total. The highest BCUT2D eigenvalue weighted by Crippen LogP contribution is 2.42. The first-order valence-electron chi connectivity index (χ1n) is 17.9. The van der Waals surface area contributed by atoms with Gasteiger partial charge in [0.15, 0.2) is 17.5 Å². The number of pyridine rings is 1. The van der Waals surface area contributed by atoms with E-state index in [1.54, 1.807) is 18.3 Å². The Balaban J connectivity index is 1.05. The molecule has 0 spiro atoms. The lowest BCUT2D eigenvalue weighted by Crippen LogP contribution is -2.43. The lowest BCUT2D eigenvalue weighted by atomic mass is 9.95. The summed E-state index contributed by atoms with van der Waals surface area (Å²) in [4.78, 5) is 40.8. The maximum Gasteiger partial charge on any atom is 0.319 e. The smallest absolute Gasteiger partial charge is 0.319 e. The van der Waals surface area contributed by atoms with E-state index in [-0.39, 0.29) is 41.5 Å². The van der Waals surface area contributed by atoms with E-state index in [0.29, 0.717) is 66.9 Å². The van der Waals surface area contributed by atoms with Crippen LogP contribution in [0.1, 0.15) is 30.7 Å². The number of aromatic nitrogens is 5. The van der Waals surface area contributed by atoms with E-state index < -0.39 is 29.3 Å². The zero-order valence-electron chi connectivity index (χ0n) is 28.8. The molecular formula is C40H35F3N8O2. The molecule has 9 rings (SSSR count). The highest BCUT2D eigenvalue weighted by molar-refractivity contribution is 6.02. The summed E-state index contributed by atoms with van der Waals surface area (Å²) in [6.45, 7) is 3.04. The minimum Gasteiger partial charge on any atom is -0.461 e. The summed E-state index contributed by atoms with van der Waals surface area (Å²) in [5, 5.41) is 1.98. The molecule has 0 aliphatic carbocycles. The zero-order chi connectivity index (χ0) is 36.3. The van der Waals surface area contributed by atoms with Gasteiger partial charge in [0.25, 0.3) is 5.91 Å². The van der Waals surface area contributed by atoms with Crippen LogP contribution in [0.4, 0.5) is 19.0 Å². The number of carbonyl (C=O) groups is 1. The second-order valence-corrected chi connectivity index (χ2v) is 14.5. The van der Waals surface area contributed by atoms with Gasteiger partial charge in [-0.1, -0.05) is 36.3 Å². The molecule has 4 fully saturated rings. The first-order chi connectivity index (χ1) is 25.8. The van der Waals surface area contributed by atoms with E-state index in [1.165, 1.54) is 17.3 Å². The van der Waals surface area contributed by atoms with Crippen molar-refractivity contribution in [2.45, 2.75) is 31.0 Å². The second-order valence-electron chi connectivity index (χ2n) is 14.5. The molecule has 1 unspecified atom stereocenters. The SMILES string of the molecule is C#Cc1cccc2cccc(-c3ncc4c(N5C[C@H]6CN(C(=O)/C(F)=C/c7ncccn7)C[C@H]6C5)nc(OCC56CCCN5C[C@H](F)C6)nc4c3F)c12. The van der Waals surface area contributed by atoms with Crippen molar-refractivity contribution < 1.29 is 22.7 Å². The van der Waals surface area contributed by atoms with Gasteiger partial charge in [0.2, 0.25) is 0 Å². The summed E-state index contributed by atoms with van der Waals surface area (Å²) >= 11 is 0. The fourth-order valence-electron chi connectivity index (χ4n) is 8.86. The Bertz CT molecular complexity index is 2320. The van der Waals surface area contributed by atoms with Crippen LogP contribution in [0.5, 0.6) is 6.01 Å². The molecule has 4 aliphatic heterocycles. The van der Waals surface area contributed by atoms with Crippen molar-refractivity contribution in [3.05, 3.63) is 84.1 Å². The van der Waals surface area contributed by atoms with Gasteiger partial charge in [-0.25, -0.2) is 23.1 Å². The normalized spacial score (nSPS) is 24.2. The van der Waals surface area contributed by atoms with Crippen LogP contribution in [0.25, 0.3) is 39.0 Å². The number of anilines is 1. The molecule has 5 aromatic rings. The Kier molecular flexibility index (Phi) is 8.22. The van der Waals surface area contributed by atoms with Crippen LogP contribution < -0.4 is 9.64 Å². The van der Waals surface area contributed by atoms with Crippen molar-refractivity contribution >= 4 is 39.5 Å². The molecule has 4 atom stereocenters. The largest absolute Gasteiger partial charge is 0.461 e. The minimum absolute atomic E-state index is 0.00137. The van der Waals surface area contributed by atoms with Gasteiger partial charge in [0.05, 0.1) is 10.9 Å². The molecule has 7 heterocycles. The quantitative estimate of drug-likeness (QED) is 0.157. The number of halogens is 3. The molecule has 2 aromatic carbocycles. The van der Waals surface area contributed by atoms with Crippen LogP contribution in [-0.2, 0) is 4.79 Å². The predicted octanol–water partition coefficient (Wildman–Crippen LogP) is 5.62. The van der Waals surface area contributed by atoms with Gasteiger partial charge >= 0.3 is 6.01 Å². The Morgan fingerprint density at radius 1 is 1.02 bits per heavy atom. The van der Waals surface area contributed by atoms with E-state index in [1.807, 2.05) is 35.2 Å². The first-order valence-corrected chi connectivity index (χ1v) is 17.9. The van der Waals surface area contributed by atoms with Crippen molar-refractivity contribution in [1.29, 1.82) is 0 Å². The maximum atomic E-state index is 16.9. The van der Waals surface area contributed by atoms with Crippen molar-refractivity contribution in [3.63, 3.8) is 0 Å². The fraction of sp³-hybridized carbons (Fsp3) is 0.350. The summed E-state index contributed by atoms with van der Waals surface area (Å²) in [7, 11) is 0. The average Bonchev–Trinajstić information content (AvgIpc) is 3.93. The Labute approximate surface area is 303 Å². The van der Waals surface area contributed by atoms with Gasteiger partial charge in [-0.3, -0.25) is 14.7 Å². The van der Waals surface area contributed by atoms with E-state index in [2.05, 4.69) is 30.8 Å². The molecule has 4 aliphatic rings. The molecule has 10 nitrogen and oxygen atoms in total. The number of carbonyl (C=O) groups excluding carboxylic acids is 1. The summed E-state index contributed by atoms with van der Waals surface area (Å²) in [6.07, 6.45) is 12.6. The number of hydrogen-bond acceptors (Lipinski definition) is 9. The van der Waals surface area contributed by atoms with Crippen LogP contribution in [0.15, 0.2) is 66.9 Å². The number of alkyl halides is 1. The number of ether oxygens (including phenoxy) is 1. The third kappa shape index (κ3) is 5.81. The summed E-state index contributed by atoms with van der Waals surface area (Å²) < 4.78 is 52.8. The third-order valence-corrected chi connectivity index (χ3v) is 11.3. The molecule has 4 saturated heterocycles. The van der Waals surface area contributed by atoms with E-state index in [4.69, 9.17) is 16.1 Å². The number of benzene rings is 2. The molecule has 53 heavy (non-hydrogen) atoms. The molecule has 268 valence electrons. The van der Waals surface area contributed by atoms with Crippen molar-refractivity contribution in [2.24, 2.45) is 11.8 Å². The molecule has 1 amide bonds. The van der Waals surface area contributed by atoms with Crippen LogP contribution in [-0.4, -0.2) is 98.2 Å². The van der Waals surface area contributed by atoms with Crippen LogP contribution >= 0.6 is 0 Å². The number of likely N-dealkylation sites (tertiary alicyclic amines) is 1. The van der Waals surface area contributed by atoms with E-state index in [0.717, 1.165) is 30.8 Å². The first kappa shape index (κ1) is 33.2. The average molecular weight is 717 g/mol. The molecule has 0 radical (unpaired) electrons. The highest BCUT2D eigenvalue weighted by atomic mass is 19.1. The van der Waals surface area contributed by atoms with Gasteiger partial charge in [0, 0.05) is 92.2 Å². The topological polar surface area (TPSA) is 100 Å². The summed E-state index contributed by atoms with van der Waals surface area (Å²) in [5.41, 5.74) is 0.853. The summed E-state index contributed by atoms with van der Waals surface area (Å²) in [5.74, 6) is 1.08. The highest BCUT2D eigenvalue weighted by Gasteiger charge is 2.49. The Hall–Kier alpha value is -5.61. The van der Waals surface area contributed by atoms with Gasteiger partial charge in [-0.2, -0.15) is 9.97 Å². The van der Waals surface area contributed by atoms with Crippen molar-refractivity contribution in [1.82, 2.24) is 34.7 Å². The number of fused-ring (bicyclic) bond motifs is 4. The van der Waals surface area contributed by atoms with Crippen LogP contribution in [0.2, 0.25) is 0 Å². The van der Waals surface area contributed by atoms with E-state index in [9.17, 15) is 13.6 Å². The van der Waals surface area contributed by atoms with Crippen LogP contribution in [0.3, 0.4) is 0 Å². The zero-order valence-corrected chi connectivity index (χ0v) is 28.8. The number of terminal acetylenes is 1. The lowest BCUT2D eigenvalue weighted by Gasteiger charge is -2.31. The van der Waals surface area contributed by atoms with E-state index >= 15 is 4.39 Å². The molecule has 13 heteroatoms. The summed E-state index contributed by atoms with van der Waals surface area (Å²) in [6, 6.07) is 12.8. The van der Waals surface area contributed by atoms with Crippen LogP contribution in [0, 0.1) is 30.0 Å². The number of amides is 1. The molecular weight excluding hydrogens is 681 g/mol. The maximum absolute atomic E-state index is 16.9. The monoisotopic (exact) mass is 716 g/mol. The van der Waals surface area contributed by atoms with Gasteiger partial charge < -0.3 is 14.5 Å². The second kappa shape index (κ2) is 13.1. The minimum atomic E-state index is -0.933. The van der Waals surface area contributed by atoms with Gasteiger partial charge in [-0.05, 0) is 36.9 Å². The van der Waals surface area contributed by atoms with Gasteiger partial charge in [-0.15, -0.1) is 6.42 Å². The number of rotatable bonds is 7. The molecule has 3 aromatic heterocycles. The van der Waals surface area contributed by atoms with Gasteiger partial charge in [0.1, 0.15) is 29.8 Å². The third-order valence-electron chi connectivity index (χ3n) is 11.3. The number of nitrogens with zero attached hydrogens (tertiary/aromatic N) is 8. The molecule has 0 saturated carbocycles.